The van der Waals surface area contributed by atoms with Gasteiger partial charge < -0.3 is 20.1 Å². The van der Waals surface area contributed by atoms with Gasteiger partial charge in [-0.25, -0.2) is 9.18 Å². The molecule has 5 nitrogen and oxygen atoms in total. The molecule has 0 saturated carbocycles. The van der Waals surface area contributed by atoms with Crippen molar-refractivity contribution in [3.63, 3.8) is 0 Å². The third kappa shape index (κ3) is 6.55. The first-order chi connectivity index (χ1) is 10.8. The molecular weight excluding hydrogens is 320 g/mol. The second-order valence-corrected chi connectivity index (χ2v) is 4.43. The van der Waals surface area contributed by atoms with Gasteiger partial charge in [0.1, 0.15) is 11.6 Å². The highest BCUT2D eigenvalue weighted by atomic mass is 19.4. The number of anilines is 1. The van der Waals surface area contributed by atoms with E-state index >= 15 is 0 Å². The first-order valence-corrected chi connectivity index (χ1v) is 6.53. The van der Waals surface area contributed by atoms with Gasteiger partial charge in [0.05, 0.1) is 12.3 Å². The van der Waals surface area contributed by atoms with Crippen molar-refractivity contribution in [2.24, 2.45) is 0 Å². The number of aliphatic hydroxyl groups is 1. The van der Waals surface area contributed by atoms with E-state index in [1.807, 2.05) is 0 Å². The molecule has 0 spiro atoms. The Morgan fingerprint density at radius 2 is 2.13 bits per heavy atom. The Kier molecular flexibility index (Phi) is 6.83. The lowest BCUT2D eigenvalue weighted by Gasteiger charge is -2.21. The third-order valence-corrected chi connectivity index (χ3v) is 2.58. The quantitative estimate of drug-likeness (QED) is 0.595. The fourth-order valence-electron chi connectivity index (χ4n) is 1.63. The summed E-state index contributed by atoms with van der Waals surface area (Å²) < 4.78 is 54.5. The van der Waals surface area contributed by atoms with Gasteiger partial charge in [0, 0.05) is 19.2 Å². The second kappa shape index (κ2) is 8.37. The van der Waals surface area contributed by atoms with Crippen molar-refractivity contribution < 1.29 is 32.2 Å². The minimum absolute atomic E-state index is 0.0219. The monoisotopic (exact) mass is 336 g/mol. The first-order valence-electron chi connectivity index (χ1n) is 6.53. The Hall–Kier alpha value is -2.29. The lowest BCUT2D eigenvalue weighted by molar-refractivity contribution is -0.153. The summed E-state index contributed by atoms with van der Waals surface area (Å²) in [4.78, 5) is 13.2. The van der Waals surface area contributed by atoms with E-state index in [9.17, 15) is 22.4 Å². The maximum atomic E-state index is 13.3. The Bertz CT molecular complexity index is 549. The molecule has 0 aliphatic heterocycles. The van der Waals surface area contributed by atoms with Gasteiger partial charge >= 0.3 is 12.2 Å². The molecule has 0 heterocycles. The van der Waals surface area contributed by atoms with Gasteiger partial charge in [-0.3, -0.25) is 0 Å². The molecule has 1 aromatic carbocycles. The van der Waals surface area contributed by atoms with E-state index in [2.05, 4.69) is 16.6 Å². The first kappa shape index (κ1) is 18.8. The Morgan fingerprint density at radius 3 is 2.70 bits per heavy atom. The zero-order valence-electron chi connectivity index (χ0n) is 12.1. The van der Waals surface area contributed by atoms with Crippen LogP contribution in [0.5, 0.6) is 5.75 Å². The molecule has 128 valence electrons. The highest BCUT2D eigenvalue weighted by molar-refractivity contribution is 5.91. The van der Waals surface area contributed by atoms with E-state index in [-0.39, 0.29) is 31.1 Å². The fourth-order valence-corrected chi connectivity index (χ4v) is 1.63. The number of alkyl halides is 3. The molecule has 0 saturated heterocycles. The van der Waals surface area contributed by atoms with Crippen LogP contribution in [0, 0.1) is 5.82 Å². The topological polar surface area (TPSA) is 61.8 Å². The van der Waals surface area contributed by atoms with E-state index in [1.165, 1.54) is 6.08 Å². The summed E-state index contributed by atoms with van der Waals surface area (Å²) in [5.41, 5.74) is -0.244. The number of aliphatic hydroxyl groups excluding tert-OH is 1. The predicted octanol–water partition coefficient (Wildman–Crippen LogP) is 2.78. The number of nitrogens with one attached hydrogen (secondary N) is 1. The number of rotatable bonds is 7. The molecule has 0 aromatic heterocycles. The zero-order valence-corrected chi connectivity index (χ0v) is 12.1. The average molecular weight is 336 g/mol. The molecule has 23 heavy (non-hydrogen) atoms. The van der Waals surface area contributed by atoms with Crippen molar-refractivity contribution >= 4 is 11.7 Å². The van der Waals surface area contributed by atoms with Crippen LogP contribution in [0.3, 0.4) is 0 Å². The summed E-state index contributed by atoms with van der Waals surface area (Å²) >= 11 is 0. The van der Waals surface area contributed by atoms with Crippen LogP contribution in [-0.4, -0.2) is 48.5 Å². The van der Waals surface area contributed by atoms with Crippen LogP contribution in [0.2, 0.25) is 0 Å². The molecule has 0 bridgehead atoms. The Morgan fingerprint density at radius 1 is 1.43 bits per heavy atom. The van der Waals surface area contributed by atoms with Gasteiger partial charge in [0.15, 0.2) is 6.61 Å². The average Bonchev–Trinajstić information content (AvgIpc) is 2.45. The van der Waals surface area contributed by atoms with Crippen molar-refractivity contribution in [3.8, 4) is 5.75 Å². The number of ether oxygens (including phenoxy) is 1. The summed E-state index contributed by atoms with van der Waals surface area (Å²) in [5.74, 6) is -1.07. The second-order valence-electron chi connectivity index (χ2n) is 4.43. The number of urea groups is 1. The van der Waals surface area contributed by atoms with Gasteiger partial charge in [-0.15, -0.1) is 6.58 Å². The fraction of sp³-hybridized carbons (Fsp3) is 0.357. The van der Waals surface area contributed by atoms with Crippen molar-refractivity contribution in [2.75, 3.05) is 31.6 Å². The Labute approximate surface area is 130 Å². The highest BCUT2D eigenvalue weighted by Gasteiger charge is 2.29. The molecule has 1 aromatic rings. The highest BCUT2D eigenvalue weighted by Crippen LogP contribution is 2.27. The SMILES string of the molecule is C=CCN(CCO)C(=O)Nc1cc(F)ccc1OCC(F)(F)F. The molecular formula is C14H16F4N2O3. The number of carbonyl (C=O) groups excluding carboxylic acids is 1. The summed E-state index contributed by atoms with van der Waals surface area (Å²) in [7, 11) is 0. The molecule has 9 heteroatoms. The van der Waals surface area contributed by atoms with Gasteiger partial charge in [0.25, 0.3) is 0 Å². The van der Waals surface area contributed by atoms with Crippen molar-refractivity contribution in [3.05, 3.63) is 36.7 Å². The number of nitrogens with zero attached hydrogens (tertiary/aromatic N) is 1. The van der Waals surface area contributed by atoms with Gasteiger partial charge in [0.2, 0.25) is 0 Å². The summed E-state index contributed by atoms with van der Waals surface area (Å²) in [6.07, 6.45) is -3.16. The van der Waals surface area contributed by atoms with Crippen LogP contribution in [0.15, 0.2) is 30.9 Å². The molecule has 2 amide bonds. The number of benzene rings is 1. The number of carbonyl (C=O) groups is 1. The van der Waals surface area contributed by atoms with Gasteiger partial charge in [-0.05, 0) is 12.1 Å². The lowest BCUT2D eigenvalue weighted by Crippen LogP contribution is -2.37. The summed E-state index contributed by atoms with van der Waals surface area (Å²) in [6.45, 7) is 1.63. The molecule has 0 aliphatic rings. The summed E-state index contributed by atoms with van der Waals surface area (Å²) in [5, 5.41) is 11.1. The smallest absolute Gasteiger partial charge is 0.422 e. The molecule has 1 rings (SSSR count). The van der Waals surface area contributed by atoms with Crippen LogP contribution in [0.4, 0.5) is 28.0 Å². The largest absolute Gasteiger partial charge is 0.482 e. The molecule has 0 atom stereocenters. The molecule has 0 fully saturated rings. The van der Waals surface area contributed by atoms with Gasteiger partial charge in [-0.2, -0.15) is 13.2 Å². The predicted molar refractivity (Wildman–Crippen MR) is 75.8 cm³/mol. The number of amides is 2. The molecule has 0 aliphatic carbocycles. The van der Waals surface area contributed by atoms with Crippen molar-refractivity contribution in [1.29, 1.82) is 0 Å². The normalized spacial score (nSPS) is 11.0. The number of hydrogen-bond acceptors (Lipinski definition) is 3. The van der Waals surface area contributed by atoms with Gasteiger partial charge in [-0.1, -0.05) is 6.08 Å². The van der Waals surface area contributed by atoms with Crippen LogP contribution in [-0.2, 0) is 0 Å². The van der Waals surface area contributed by atoms with E-state index in [0.717, 1.165) is 23.1 Å². The zero-order chi connectivity index (χ0) is 17.5. The third-order valence-electron chi connectivity index (χ3n) is 2.58. The Balaban J connectivity index is 2.90. The van der Waals surface area contributed by atoms with Crippen molar-refractivity contribution in [2.45, 2.75) is 6.18 Å². The van der Waals surface area contributed by atoms with Crippen LogP contribution >= 0.6 is 0 Å². The standard InChI is InChI=1S/C14H16F4N2O3/c1-2-5-20(6-7-21)13(22)19-11-8-10(15)3-4-12(11)23-9-14(16,17)18/h2-4,8,21H,1,5-7,9H2,(H,19,22). The molecule has 0 radical (unpaired) electrons. The van der Waals surface area contributed by atoms with Crippen LogP contribution in [0.25, 0.3) is 0 Å². The number of halogens is 4. The van der Waals surface area contributed by atoms with Crippen LogP contribution < -0.4 is 10.1 Å². The van der Waals surface area contributed by atoms with Crippen LogP contribution in [0.1, 0.15) is 0 Å². The van der Waals surface area contributed by atoms with E-state index in [4.69, 9.17) is 5.11 Å². The minimum atomic E-state index is -4.57. The van der Waals surface area contributed by atoms with E-state index in [1.54, 1.807) is 0 Å². The maximum Gasteiger partial charge on any atom is 0.422 e. The van der Waals surface area contributed by atoms with E-state index in [0.29, 0.717) is 0 Å². The maximum absolute atomic E-state index is 13.3. The summed E-state index contributed by atoms with van der Waals surface area (Å²) in [6, 6.07) is 2.01. The van der Waals surface area contributed by atoms with E-state index < -0.39 is 24.6 Å². The number of hydrogen-bond donors (Lipinski definition) is 2. The molecule has 0 unspecified atom stereocenters. The lowest BCUT2D eigenvalue weighted by atomic mass is 10.3. The molecule has 2 N–H and O–H groups in total. The minimum Gasteiger partial charge on any atom is -0.482 e. The van der Waals surface area contributed by atoms with Crippen molar-refractivity contribution in [1.82, 2.24) is 4.90 Å².